The number of carbonyl (C=O) groups is 1. The number of anilines is 1. The lowest BCUT2D eigenvalue weighted by Gasteiger charge is -2.26. The van der Waals surface area contributed by atoms with Crippen LogP contribution >= 0.6 is 0 Å². The Morgan fingerprint density at radius 3 is 2.58 bits per heavy atom. The minimum absolute atomic E-state index is 0.0331. The summed E-state index contributed by atoms with van der Waals surface area (Å²) in [5, 5.41) is 3.19. The molecule has 2 aromatic heterocycles. The molecule has 5 nitrogen and oxygen atoms in total. The summed E-state index contributed by atoms with van der Waals surface area (Å²) in [6, 6.07) is 11.5. The highest BCUT2D eigenvalue weighted by molar-refractivity contribution is 6.01. The fraction of sp³-hybridized carbons (Fsp3) is 0.292. The second kappa shape index (κ2) is 8.13. The van der Waals surface area contributed by atoms with Gasteiger partial charge in [0.25, 0.3) is 5.91 Å². The molecule has 33 heavy (non-hydrogen) atoms. The van der Waals surface area contributed by atoms with E-state index in [4.69, 9.17) is 0 Å². The number of aromatic nitrogens is 2. The highest BCUT2D eigenvalue weighted by Gasteiger charge is 2.49. The van der Waals surface area contributed by atoms with E-state index in [1.807, 2.05) is 0 Å². The SMILES string of the molecule is O=C(c1cccc(F)c1-c1ccccn1)N1C2CCC1[C@@H](Nc1ccc(C(F)(F)F)cn1)C2. The number of carbonyl (C=O) groups excluding carboxylic acids is 1. The number of nitrogens with zero attached hydrogens (tertiary/aromatic N) is 3. The molecule has 1 N–H and O–H groups in total. The van der Waals surface area contributed by atoms with Crippen LogP contribution in [0.5, 0.6) is 0 Å². The van der Waals surface area contributed by atoms with Gasteiger partial charge in [-0.2, -0.15) is 13.2 Å². The third kappa shape index (κ3) is 3.92. The molecule has 5 rings (SSSR count). The molecule has 2 aliphatic heterocycles. The van der Waals surface area contributed by atoms with Crippen LogP contribution in [-0.2, 0) is 6.18 Å². The number of pyridine rings is 2. The molecule has 3 aromatic rings. The third-order valence-corrected chi connectivity index (χ3v) is 6.36. The van der Waals surface area contributed by atoms with Crippen LogP contribution in [0.15, 0.2) is 60.9 Å². The van der Waals surface area contributed by atoms with Gasteiger partial charge in [0.2, 0.25) is 0 Å². The molecular formula is C24H20F4N4O. The van der Waals surface area contributed by atoms with Crippen LogP contribution in [0, 0.1) is 5.82 Å². The minimum Gasteiger partial charge on any atom is -0.365 e. The normalized spacial score (nSPS) is 21.9. The summed E-state index contributed by atoms with van der Waals surface area (Å²) in [6.45, 7) is 0. The van der Waals surface area contributed by atoms with Crippen molar-refractivity contribution in [2.45, 2.75) is 43.6 Å². The largest absolute Gasteiger partial charge is 0.417 e. The standard InChI is InChI=1S/C24H20F4N4O/c25-17-5-3-4-16(22(17)18-6-1-2-11-29-18)23(33)32-15-8-9-20(32)19(12-15)31-21-10-7-14(13-30-21)24(26,27)28/h1-7,10-11,13,15,19-20H,8-9,12H2,(H,30,31)/t15?,19-,20?/m0/s1. The Balaban J connectivity index is 1.39. The number of nitrogens with one attached hydrogen (secondary N) is 1. The average Bonchev–Trinajstić information content (AvgIpc) is 3.36. The Morgan fingerprint density at radius 2 is 1.88 bits per heavy atom. The number of benzene rings is 1. The monoisotopic (exact) mass is 456 g/mol. The number of halogens is 4. The van der Waals surface area contributed by atoms with Crippen molar-refractivity contribution >= 4 is 11.7 Å². The topological polar surface area (TPSA) is 58.1 Å². The zero-order valence-electron chi connectivity index (χ0n) is 17.4. The van der Waals surface area contributed by atoms with Gasteiger partial charge in [0.15, 0.2) is 0 Å². The van der Waals surface area contributed by atoms with Gasteiger partial charge < -0.3 is 10.2 Å². The quantitative estimate of drug-likeness (QED) is 0.551. The molecule has 0 spiro atoms. The van der Waals surface area contributed by atoms with E-state index in [0.717, 1.165) is 25.1 Å². The van der Waals surface area contributed by atoms with Crippen LogP contribution < -0.4 is 5.32 Å². The fourth-order valence-electron chi connectivity index (χ4n) is 4.91. The first-order valence-corrected chi connectivity index (χ1v) is 10.7. The average molecular weight is 456 g/mol. The summed E-state index contributed by atoms with van der Waals surface area (Å²) in [6.07, 6.45) is 0.119. The van der Waals surface area contributed by atoms with Crippen LogP contribution in [0.2, 0.25) is 0 Å². The third-order valence-electron chi connectivity index (χ3n) is 6.36. The van der Waals surface area contributed by atoms with Crippen molar-refractivity contribution in [2.24, 2.45) is 0 Å². The smallest absolute Gasteiger partial charge is 0.365 e. The number of hydrogen-bond donors (Lipinski definition) is 1. The van der Waals surface area contributed by atoms with Gasteiger partial charge >= 0.3 is 6.18 Å². The maximum atomic E-state index is 14.8. The van der Waals surface area contributed by atoms with Gasteiger partial charge in [-0.15, -0.1) is 0 Å². The Labute approximate surface area is 187 Å². The van der Waals surface area contributed by atoms with Crippen LogP contribution in [0.4, 0.5) is 23.4 Å². The number of alkyl halides is 3. The van der Waals surface area contributed by atoms with Crippen molar-refractivity contribution < 1.29 is 22.4 Å². The van der Waals surface area contributed by atoms with E-state index in [9.17, 15) is 22.4 Å². The maximum absolute atomic E-state index is 14.8. The summed E-state index contributed by atoms with van der Waals surface area (Å²) in [4.78, 5) is 23.5. The van der Waals surface area contributed by atoms with Crippen LogP contribution in [0.25, 0.3) is 11.3 Å². The number of hydrogen-bond acceptors (Lipinski definition) is 4. The Hall–Kier alpha value is -3.49. The molecule has 1 amide bonds. The fourth-order valence-corrected chi connectivity index (χ4v) is 4.91. The van der Waals surface area contributed by atoms with E-state index in [1.54, 1.807) is 35.4 Å². The first kappa shape index (κ1) is 21.4. The van der Waals surface area contributed by atoms with Gasteiger partial charge in [-0.3, -0.25) is 9.78 Å². The van der Waals surface area contributed by atoms with E-state index in [0.29, 0.717) is 17.9 Å². The molecule has 2 aliphatic rings. The zero-order chi connectivity index (χ0) is 23.2. The lowest BCUT2D eigenvalue weighted by atomic mass is 9.95. The molecule has 3 atom stereocenters. The van der Waals surface area contributed by atoms with E-state index in [-0.39, 0.29) is 35.2 Å². The van der Waals surface area contributed by atoms with E-state index in [2.05, 4.69) is 15.3 Å². The highest BCUT2D eigenvalue weighted by Crippen LogP contribution is 2.41. The minimum atomic E-state index is -4.45. The molecule has 2 saturated heterocycles. The van der Waals surface area contributed by atoms with Crippen LogP contribution in [-0.4, -0.2) is 38.9 Å². The van der Waals surface area contributed by atoms with Gasteiger partial charge in [0.1, 0.15) is 11.6 Å². The first-order valence-electron chi connectivity index (χ1n) is 10.7. The van der Waals surface area contributed by atoms with Crippen molar-refractivity contribution in [1.29, 1.82) is 0 Å². The summed E-state index contributed by atoms with van der Waals surface area (Å²) >= 11 is 0. The number of fused-ring (bicyclic) bond motifs is 2. The lowest BCUT2D eigenvalue weighted by Crippen LogP contribution is -2.40. The second-order valence-corrected chi connectivity index (χ2v) is 8.30. The van der Waals surface area contributed by atoms with Gasteiger partial charge in [-0.1, -0.05) is 12.1 Å². The molecule has 0 saturated carbocycles. The van der Waals surface area contributed by atoms with Crippen molar-refractivity contribution in [1.82, 2.24) is 14.9 Å². The molecule has 0 aliphatic carbocycles. The van der Waals surface area contributed by atoms with Gasteiger partial charge in [0.05, 0.1) is 22.9 Å². The summed E-state index contributed by atoms with van der Waals surface area (Å²) in [5.41, 5.74) is -0.0118. The second-order valence-electron chi connectivity index (χ2n) is 8.30. The van der Waals surface area contributed by atoms with Crippen LogP contribution in [0.1, 0.15) is 35.2 Å². The molecular weight excluding hydrogens is 436 g/mol. The van der Waals surface area contributed by atoms with Gasteiger partial charge in [-0.25, -0.2) is 9.37 Å². The van der Waals surface area contributed by atoms with Gasteiger partial charge in [-0.05, 0) is 55.7 Å². The molecule has 0 radical (unpaired) electrons. The van der Waals surface area contributed by atoms with Crippen molar-refractivity contribution in [3.63, 3.8) is 0 Å². The summed E-state index contributed by atoms with van der Waals surface area (Å²) in [7, 11) is 0. The molecule has 4 heterocycles. The molecule has 1 aromatic carbocycles. The van der Waals surface area contributed by atoms with Crippen molar-refractivity contribution in [3.05, 3.63) is 77.9 Å². The molecule has 2 bridgehead atoms. The Kier molecular flexibility index (Phi) is 5.26. The zero-order valence-corrected chi connectivity index (χ0v) is 17.4. The van der Waals surface area contributed by atoms with Crippen LogP contribution in [0.3, 0.4) is 0 Å². The van der Waals surface area contributed by atoms with Gasteiger partial charge in [0, 0.05) is 30.0 Å². The molecule has 2 fully saturated rings. The lowest BCUT2D eigenvalue weighted by molar-refractivity contribution is -0.137. The van der Waals surface area contributed by atoms with Crippen molar-refractivity contribution in [3.8, 4) is 11.3 Å². The maximum Gasteiger partial charge on any atom is 0.417 e. The Morgan fingerprint density at radius 1 is 1.03 bits per heavy atom. The molecule has 9 heteroatoms. The summed E-state index contributed by atoms with van der Waals surface area (Å²) in [5.74, 6) is -0.463. The first-order chi connectivity index (χ1) is 15.8. The summed E-state index contributed by atoms with van der Waals surface area (Å²) < 4.78 is 53.2. The number of rotatable bonds is 4. The van der Waals surface area contributed by atoms with E-state index in [1.165, 1.54) is 18.2 Å². The molecule has 2 unspecified atom stereocenters. The van der Waals surface area contributed by atoms with E-state index < -0.39 is 17.6 Å². The Bertz CT molecular complexity index is 1170. The number of amides is 1. The highest BCUT2D eigenvalue weighted by atomic mass is 19.4. The predicted octanol–water partition coefficient (Wildman–Crippen LogP) is 5.16. The molecule has 170 valence electrons. The van der Waals surface area contributed by atoms with E-state index >= 15 is 0 Å². The van der Waals surface area contributed by atoms with Crippen molar-refractivity contribution in [2.75, 3.05) is 5.32 Å². The predicted molar refractivity (Wildman–Crippen MR) is 114 cm³/mol.